The molecule has 8 nitrogen and oxygen atoms in total. The molecule has 0 bridgehead atoms. The Morgan fingerprint density at radius 1 is 0.900 bits per heavy atom. The molecule has 30 heavy (non-hydrogen) atoms. The summed E-state index contributed by atoms with van der Waals surface area (Å²) in [6, 6.07) is 13.6. The molecule has 1 aliphatic rings. The van der Waals surface area contributed by atoms with Crippen LogP contribution in [-0.2, 0) is 4.74 Å². The normalized spacial score (nSPS) is 13.7. The first-order valence-corrected chi connectivity index (χ1v) is 9.81. The van der Waals surface area contributed by atoms with Crippen LogP contribution in [0, 0.1) is 5.82 Å². The lowest BCUT2D eigenvalue weighted by Gasteiger charge is -2.27. The van der Waals surface area contributed by atoms with Crippen LogP contribution in [0.2, 0.25) is 0 Å². The molecule has 2 heterocycles. The Kier molecular flexibility index (Phi) is 6.19. The third-order valence-electron chi connectivity index (χ3n) is 4.44. The molecule has 0 spiro atoms. The zero-order valence-corrected chi connectivity index (χ0v) is 16.6. The van der Waals surface area contributed by atoms with Gasteiger partial charge >= 0.3 is 0 Å². The first-order valence-electron chi connectivity index (χ1n) is 9.81. The number of morpholine rings is 1. The van der Waals surface area contributed by atoms with Gasteiger partial charge in [0, 0.05) is 24.5 Å². The highest BCUT2D eigenvalue weighted by Crippen LogP contribution is 2.22. The van der Waals surface area contributed by atoms with Gasteiger partial charge in [0.25, 0.3) is 0 Å². The van der Waals surface area contributed by atoms with Gasteiger partial charge in [0.15, 0.2) is 0 Å². The van der Waals surface area contributed by atoms with Crippen molar-refractivity contribution in [2.45, 2.75) is 6.92 Å². The maximum absolute atomic E-state index is 13.2. The van der Waals surface area contributed by atoms with Crippen molar-refractivity contribution >= 4 is 29.2 Å². The predicted octanol–water partition coefficient (Wildman–Crippen LogP) is 3.73. The van der Waals surface area contributed by atoms with Crippen LogP contribution in [0.3, 0.4) is 0 Å². The van der Waals surface area contributed by atoms with Gasteiger partial charge in [-0.25, -0.2) is 4.39 Å². The number of aromatic nitrogens is 3. The number of anilines is 5. The van der Waals surface area contributed by atoms with E-state index < -0.39 is 0 Å². The quantitative estimate of drug-likeness (QED) is 0.610. The first kappa shape index (κ1) is 19.8. The summed E-state index contributed by atoms with van der Waals surface area (Å²) in [5.74, 6) is 1.81. The fourth-order valence-electron chi connectivity index (χ4n) is 2.97. The molecular weight excluding hydrogens is 387 g/mol. The average Bonchev–Trinajstić information content (AvgIpc) is 2.77. The molecule has 0 aliphatic carbocycles. The third kappa shape index (κ3) is 5.12. The minimum absolute atomic E-state index is 0.303. The molecule has 156 valence electrons. The fourth-order valence-corrected chi connectivity index (χ4v) is 2.97. The number of hydrogen-bond donors (Lipinski definition) is 2. The number of benzene rings is 2. The van der Waals surface area contributed by atoms with E-state index in [1.165, 1.54) is 12.1 Å². The monoisotopic (exact) mass is 410 g/mol. The molecule has 1 aliphatic heterocycles. The highest BCUT2D eigenvalue weighted by atomic mass is 19.1. The van der Waals surface area contributed by atoms with E-state index in [0.29, 0.717) is 56.4 Å². The first-order chi connectivity index (χ1) is 14.7. The number of nitrogens with one attached hydrogen (secondary N) is 2. The zero-order valence-electron chi connectivity index (χ0n) is 16.6. The van der Waals surface area contributed by atoms with E-state index in [1.54, 1.807) is 12.1 Å². The summed E-state index contributed by atoms with van der Waals surface area (Å²) in [6.45, 7) is 5.19. The maximum atomic E-state index is 13.2. The lowest BCUT2D eigenvalue weighted by Crippen LogP contribution is -2.37. The van der Waals surface area contributed by atoms with Crippen LogP contribution in [0.15, 0.2) is 48.5 Å². The van der Waals surface area contributed by atoms with E-state index in [2.05, 4.69) is 25.6 Å². The molecule has 3 aromatic rings. The number of nitrogens with zero attached hydrogens (tertiary/aromatic N) is 4. The standard InChI is InChI=1S/C21H23FN6O2/c1-2-30-18-9-7-17(8-10-18)24-20-25-19(23-16-5-3-15(22)4-6-16)26-21(27-20)28-11-13-29-14-12-28/h3-10H,2,11-14H2,1H3,(H2,23,24,25,26,27). The van der Waals surface area contributed by atoms with Gasteiger partial charge in [0.2, 0.25) is 17.8 Å². The average molecular weight is 410 g/mol. The van der Waals surface area contributed by atoms with Crippen LogP contribution in [0.4, 0.5) is 33.6 Å². The molecule has 1 saturated heterocycles. The third-order valence-corrected chi connectivity index (χ3v) is 4.44. The van der Waals surface area contributed by atoms with Gasteiger partial charge in [-0.3, -0.25) is 0 Å². The van der Waals surface area contributed by atoms with E-state index >= 15 is 0 Å². The molecule has 1 fully saturated rings. The molecule has 9 heteroatoms. The Labute approximate surface area is 174 Å². The van der Waals surface area contributed by atoms with Crippen molar-refractivity contribution in [3.8, 4) is 5.75 Å². The van der Waals surface area contributed by atoms with Gasteiger partial charge in [-0.2, -0.15) is 15.0 Å². The lowest BCUT2D eigenvalue weighted by molar-refractivity contribution is 0.122. The van der Waals surface area contributed by atoms with E-state index in [4.69, 9.17) is 9.47 Å². The summed E-state index contributed by atoms with van der Waals surface area (Å²) in [4.78, 5) is 15.6. The molecule has 0 unspecified atom stereocenters. The molecule has 2 N–H and O–H groups in total. The molecule has 4 rings (SSSR count). The van der Waals surface area contributed by atoms with Gasteiger partial charge in [0.05, 0.1) is 19.8 Å². The Bertz CT molecular complexity index is 962. The second-order valence-electron chi connectivity index (χ2n) is 6.60. The zero-order chi connectivity index (χ0) is 20.8. The van der Waals surface area contributed by atoms with Crippen LogP contribution < -0.4 is 20.3 Å². The lowest BCUT2D eigenvalue weighted by atomic mass is 10.3. The fraction of sp³-hybridized carbons (Fsp3) is 0.286. The Hall–Kier alpha value is -3.46. The molecule has 1 aromatic heterocycles. The van der Waals surface area contributed by atoms with Crippen molar-refractivity contribution in [3.63, 3.8) is 0 Å². The Morgan fingerprint density at radius 3 is 2.03 bits per heavy atom. The van der Waals surface area contributed by atoms with E-state index in [0.717, 1.165) is 11.4 Å². The van der Waals surface area contributed by atoms with Gasteiger partial charge in [-0.15, -0.1) is 0 Å². The maximum Gasteiger partial charge on any atom is 0.233 e. The largest absolute Gasteiger partial charge is 0.494 e. The summed E-state index contributed by atoms with van der Waals surface area (Å²) in [6.07, 6.45) is 0. The van der Waals surface area contributed by atoms with Crippen molar-refractivity contribution < 1.29 is 13.9 Å². The van der Waals surface area contributed by atoms with Crippen molar-refractivity contribution in [2.24, 2.45) is 0 Å². The van der Waals surface area contributed by atoms with Crippen LogP contribution in [0.1, 0.15) is 6.92 Å². The number of rotatable bonds is 7. The molecule has 0 radical (unpaired) electrons. The van der Waals surface area contributed by atoms with Crippen LogP contribution in [-0.4, -0.2) is 47.9 Å². The molecule has 0 saturated carbocycles. The van der Waals surface area contributed by atoms with E-state index in [9.17, 15) is 4.39 Å². The minimum atomic E-state index is -0.303. The summed E-state index contributed by atoms with van der Waals surface area (Å²) < 4.78 is 24.1. The minimum Gasteiger partial charge on any atom is -0.494 e. The summed E-state index contributed by atoms with van der Waals surface area (Å²) in [5.41, 5.74) is 1.51. The molecule has 0 atom stereocenters. The number of ether oxygens (including phenoxy) is 2. The SMILES string of the molecule is CCOc1ccc(Nc2nc(Nc3ccc(F)cc3)nc(N3CCOCC3)n2)cc1. The molecule has 0 amide bonds. The van der Waals surface area contributed by atoms with Crippen molar-refractivity contribution in [1.82, 2.24) is 15.0 Å². The highest BCUT2D eigenvalue weighted by molar-refractivity contribution is 5.60. The van der Waals surface area contributed by atoms with Gasteiger partial charge in [0.1, 0.15) is 11.6 Å². The number of halogens is 1. The summed E-state index contributed by atoms with van der Waals surface area (Å²) >= 11 is 0. The Morgan fingerprint density at radius 2 is 1.47 bits per heavy atom. The predicted molar refractivity (Wildman–Crippen MR) is 113 cm³/mol. The second-order valence-corrected chi connectivity index (χ2v) is 6.60. The van der Waals surface area contributed by atoms with E-state index in [-0.39, 0.29) is 5.82 Å². The van der Waals surface area contributed by atoms with Crippen LogP contribution in [0.25, 0.3) is 0 Å². The van der Waals surface area contributed by atoms with Gasteiger partial charge in [-0.05, 0) is 55.5 Å². The van der Waals surface area contributed by atoms with Crippen LogP contribution >= 0.6 is 0 Å². The van der Waals surface area contributed by atoms with Crippen molar-refractivity contribution in [1.29, 1.82) is 0 Å². The summed E-state index contributed by atoms with van der Waals surface area (Å²) in [7, 11) is 0. The van der Waals surface area contributed by atoms with Crippen molar-refractivity contribution in [2.75, 3.05) is 48.4 Å². The highest BCUT2D eigenvalue weighted by Gasteiger charge is 2.17. The topological polar surface area (TPSA) is 84.4 Å². The van der Waals surface area contributed by atoms with Crippen molar-refractivity contribution in [3.05, 3.63) is 54.3 Å². The van der Waals surface area contributed by atoms with Gasteiger partial charge in [-0.1, -0.05) is 0 Å². The summed E-state index contributed by atoms with van der Waals surface area (Å²) in [5, 5.41) is 6.33. The number of hydrogen-bond acceptors (Lipinski definition) is 8. The van der Waals surface area contributed by atoms with E-state index in [1.807, 2.05) is 36.1 Å². The second kappa shape index (κ2) is 9.36. The smallest absolute Gasteiger partial charge is 0.233 e. The van der Waals surface area contributed by atoms with Crippen LogP contribution in [0.5, 0.6) is 5.75 Å². The Balaban J connectivity index is 1.59. The van der Waals surface area contributed by atoms with Gasteiger partial charge < -0.3 is 25.0 Å². The molecule has 2 aromatic carbocycles. The molecular formula is C21H23FN6O2.